The van der Waals surface area contributed by atoms with Crippen LogP contribution in [0.15, 0.2) is 72.8 Å². The molecule has 0 radical (unpaired) electrons. The molecule has 0 N–H and O–H groups in total. The van der Waals surface area contributed by atoms with Gasteiger partial charge in [-0.15, -0.1) is 0 Å². The summed E-state index contributed by atoms with van der Waals surface area (Å²) in [6.45, 7) is 8.39. The topological polar surface area (TPSA) is 18.5 Å². The summed E-state index contributed by atoms with van der Waals surface area (Å²) in [5, 5.41) is 0. The van der Waals surface area contributed by atoms with Gasteiger partial charge in [-0.3, -0.25) is 0 Å². The Morgan fingerprint density at radius 1 is 0.455 bits per heavy atom. The van der Waals surface area contributed by atoms with Gasteiger partial charge in [0, 0.05) is 6.61 Å². The van der Waals surface area contributed by atoms with E-state index in [4.69, 9.17) is 9.47 Å². The van der Waals surface area contributed by atoms with Crippen LogP contribution in [-0.4, -0.2) is 13.2 Å². The SMILES string of the molecule is CCCCCCCCCCCCOC(C)c1ccc(-c2ccccc2-c2ccc(OCCCCCCCCCC)cc2)cc1. The largest absolute Gasteiger partial charge is 0.494 e. The Hall–Kier alpha value is -2.58. The summed E-state index contributed by atoms with van der Waals surface area (Å²) in [6.07, 6.45) is 24.2. The first-order chi connectivity index (χ1) is 21.7. The van der Waals surface area contributed by atoms with E-state index in [1.54, 1.807) is 0 Å². The monoisotopic (exact) mass is 598 g/mol. The van der Waals surface area contributed by atoms with Crippen LogP contribution in [0.3, 0.4) is 0 Å². The molecule has 0 saturated carbocycles. The molecule has 44 heavy (non-hydrogen) atoms. The van der Waals surface area contributed by atoms with Crippen LogP contribution in [0.2, 0.25) is 0 Å². The predicted octanol–water partition coefficient (Wildman–Crippen LogP) is 13.5. The lowest BCUT2D eigenvalue weighted by Crippen LogP contribution is -2.02. The van der Waals surface area contributed by atoms with Gasteiger partial charge in [-0.1, -0.05) is 177 Å². The van der Waals surface area contributed by atoms with Gasteiger partial charge in [0.1, 0.15) is 5.75 Å². The third-order valence-corrected chi connectivity index (χ3v) is 8.92. The number of hydrogen-bond donors (Lipinski definition) is 0. The highest BCUT2D eigenvalue weighted by molar-refractivity contribution is 5.83. The first-order valence-electron chi connectivity index (χ1n) is 18.3. The summed E-state index contributed by atoms with van der Waals surface area (Å²) in [5.41, 5.74) is 6.21. The number of ether oxygens (including phenoxy) is 2. The van der Waals surface area contributed by atoms with Gasteiger partial charge in [0.25, 0.3) is 0 Å². The van der Waals surface area contributed by atoms with Crippen LogP contribution in [-0.2, 0) is 4.74 Å². The molecule has 2 heteroatoms. The quantitative estimate of drug-likeness (QED) is 0.0903. The van der Waals surface area contributed by atoms with Crippen molar-refractivity contribution in [2.45, 2.75) is 142 Å². The van der Waals surface area contributed by atoms with E-state index in [9.17, 15) is 0 Å². The van der Waals surface area contributed by atoms with E-state index < -0.39 is 0 Å². The second-order valence-corrected chi connectivity index (χ2v) is 12.7. The molecule has 0 aliphatic carbocycles. The lowest BCUT2D eigenvalue weighted by molar-refractivity contribution is 0.0627. The van der Waals surface area contributed by atoms with Gasteiger partial charge in [0.2, 0.25) is 0 Å². The Bertz CT molecular complexity index is 1100. The standard InChI is InChI=1S/C42H62O2/c1-4-6-8-10-12-14-15-17-18-22-34-43-36(3)37-26-28-38(29-27-37)41-24-20-21-25-42(41)39-30-32-40(33-31-39)44-35-23-19-16-13-11-9-7-5-2/h20-21,24-33,36H,4-19,22-23,34-35H2,1-3H3. The van der Waals surface area contributed by atoms with Gasteiger partial charge in [0.05, 0.1) is 12.7 Å². The fourth-order valence-electron chi connectivity index (χ4n) is 6.02. The Morgan fingerprint density at radius 2 is 0.864 bits per heavy atom. The molecule has 3 aromatic carbocycles. The normalized spacial score (nSPS) is 12.0. The summed E-state index contributed by atoms with van der Waals surface area (Å²) >= 11 is 0. The Labute approximate surface area is 271 Å². The van der Waals surface area contributed by atoms with Crippen LogP contribution >= 0.6 is 0 Å². The van der Waals surface area contributed by atoms with Crippen molar-refractivity contribution in [2.75, 3.05) is 13.2 Å². The second kappa shape index (κ2) is 22.9. The molecule has 0 spiro atoms. The van der Waals surface area contributed by atoms with Gasteiger partial charge >= 0.3 is 0 Å². The lowest BCUT2D eigenvalue weighted by atomic mass is 9.94. The van der Waals surface area contributed by atoms with Gasteiger partial charge in [-0.2, -0.15) is 0 Å². The molecule has 2 nitrogen and oxygen atoms in total. The Morgan fingerprint density at radius 3 is 1.34 bits per heavy atom. The van der Waals surface area contributed by atoms with Gasteiger partial charge in [-0.05, 0) is 59.7 Å². The van der Waals surface area contributed by atoms with E-state index in [0.29, 0.717) is 0 Å². The van der Waals surface area contributed by atoms with Crippen LogP contribution in [0.4, 0.5) is 0 Å². The summed E-state index contributed by atoms with van der Waals surface area (Å²) in [4.78, 5) is 0. The molecule has 3 rings (SSSR count). The molecule has 1 atom stereocenters. The molecule has 3 aromatic rings. The highest BCUT2D eigenvalue weighted by Gasteiger charge is 2.10. The zero-order chi connectivity index (χ0) is 31.1. The molecule has 0 aliphatic heterocycles. The number of rotatable bonds is 25. The summed E-state index contributed by atoms with van der Waals surface area (Å²) in [7, 11) is 0. The maximum atomic E-state index is 6.20. The van der Waals surface area contributed by atoms with Crippen molar-refractivity contribution in [3.63, 3.8) is 0 Å². The maximum Gasteiger partial charge on any atom is 0.119 e. The number of hydrogen-bond acceptors (Lipinski definition) is 2. The zero-order valence-electron chi connectivity index (χ0n) is 28.5. The van der Waals surface area contributed by atoms with Gasteiger partial charge in [-0.25, -0.2) is 0 Å². The third kappa shape index (κ3) is 14.0. The van der Waals surface area contributed by atoms with E-state index in [0.717, 1.165) is 31.8 Å². The molecule has 0 heterocycles. The maximum absolute atomic E-state index is 6.20. The molecule has 0 aromatic heterocycles. The van der Waals surface area contributed by atoms with E-state index in [1.165, 1.54) is 131 Å². The van der Waals surface area contributed by atoms with E-state index in [1.807, 2.05) is 0 Å². The van der Waals surface area contributed by atoms with Crippen LogP contribution in [0.25, 0.3) is 22.3 Å². The molecule has 0 bridgehead atoms. The molecular formula is C42H62O2. The average Bonchev–Trinajstić information content (AvgIpc) is 3.07. The fraction of sp³-hybridized carbons (Fsp3) is 0.571. The minimum atomic E-state index is 0.121. The van der Waals surface area contributed by atoms with E-state index >= 15 is 0 Å². The average molecular weight is 599 g/mol. The summed E-state index contributed by atoms with van der Waals surface area (Å²) in [6, 6.07) is 26.3. The first-order valence-corrected chi connectivity index (χ1v) is 18.3. The number of unbranched alkanes of at least 4 members (excludes halogenated alkanes) is 16. The Kier molecular flexibility index (Phi) is 18.6. The molecule has 242 valence electrons. The molecule has 0 amide bonds. The van der Waals surface area contributed by atoms with Crippen molar-refractivity contribution in [3.05, 3.63) is 78.4 Å². The van der Waals surface area contributed by atoms with Crippen molar-refractivity contribution in [1.82, 2.24) is 0 Å². The van der Waals surface area contributed by atoms with Gasteiger partial charge in [0.15, 0.2) is 0 Å². The molecule has 1 unspecified atom stereocenters. The summed E-state index contributed by atoms with van der Waals surface area (Å²) < 4.78 is 12.3. The van der Waals surface area contributed by atoms with Crippen LogP contribution in [0.1, 0.15) is 148 Å². The van der Waals surface area contributed by atoms with Crippen LogP contribution < -0.4 is 4.74 Å². The van der Waals surface area contributed by atoms with Gasteiger partial charge < -0.3 is 9.47 Å². The van der Waals surface area contributed by atoms with Crippen molar-refractivity contribution in [2.24, 2.45) is 0 Å². The van der Waals surface area contributed by atoms with Crippen molar-refractivity contribution < 1.29 is 9.47 Å². The van der Waals surface area contributed by atoms with Crippen LogP contribution in [0, 0.1) is 0 Å². The Balaban J connectivity index is 1.40. The minimum absolute atomic E-state index is 0.121. The highest BCUT2D eigenvalue weighted by atomic mass is 16.5. The predicted molar refractivity (Wildman–Crippen MR) is 192 cm³/mol. The molecule has 0 saturated heterocycles. The molecule has 0 fully saturated rings. The minimum Gasteiger partial charge on any atom is -0.494 e. The van der Waals surface area contributed by atoms with Crippen LogP contribution in [0.5, 0.6) is 5.75 Å². The zero-order valence-corrected chi connectivity index (χ0v) is 28.5. The smallest absolute Gasteiger partial charge is 0.119 e. The van der Waals surface area contributed by atoms with E-state index in [-0.39, 0.29) is 6.10 Å². The van der Waals surface area contributed by atoms with Crippen molar-refractivity contribution in [1.29, 1.82) is 0 Å². The molecule has 0 aliphatic rings. The first kappa shape index (κ1) is 35.9. The number of benzene rings is 3. The summed E-state index contributed by atoms with van der Waals surface area (Å²) in [5.74, 6) is 0.963. The van der Waals surface area contributed by atoms with Crippen molar-refractivity contribution in [3.8, 4) is 28.0 Å². The van der Waals surface area contributed by atoms with Crippen molar-refractivity contribution >= 4 is 0 Å². The molecular weight excluding hydrogens is 536 g/mol. The lowest BCUT2D eigenvalue weighted by Gasteiger charge is -2.15. The third-order valence-electron chi connectivity index (χ3n) is 8.92. The second-order valence-electron chi connectivity index (χ2n) is 12.7. The van der Waals surface area contributed by atoms with E-state index in [2.05, 4.69) is 93.6 Å². The fourth-order valence-corrected chi connectivity index (χ4v) is 6.02. The highest BCUT2D eigenvalue weighted by Crippen LogP contribution is 2.33.